The third kappa shape index (κ3) is 4.04. The van der Waals surface area contributed by atoms with E-state index >= 15 is 0 Å². The van der Waals surface area contributed by atoms with Crippen molar-refractivity contribution in [2.75, 3.05) is 0 Å². The second-order valence-corrected chi connectivity index (χ2v) is 7.89. The van der Waals surface area contributed by atoms with Gasteiger partial charge in [-0.3, -0.25) is 4.99 Å². The van der Waals surface area contributed by atoms with Crippen LogP contribution >= 0.6 is 0 Å². The van der Waals surface area contributed by atoms with E-state index in [0.717, 1.165) is 12.8 Å². The van der Waals surface area contributed by atoms with Crippen LogP contribution in [0.1, 0.15) is 49.4 Å². The maximum atomic E-state index is 4.70. The molecule has 1 nitrogen and oxygen atoms in total. The van der Waals surface area contributed by atoms with Gasteiger partial charge in [-0.2, -0.15) is 0 Å². The topological polar surface area (TPSA) is 12.4 Å². The third-order valence-electron chi connectivity index (χ3n) is 5.08. The molecule has 2 aromatic rings. The van der Waals surface area contributed by atoms with E-state index in [-0.39, 0.29) is 5.54 Å². The van der Waals surface area contributed by atoms with Crippen LogP contribution in [0.3, 0.4) is 0 Å². The van der Waals surface area contributed by atoms with Gasteiger partial charge in [0.1, 0.15) is 0 Å². The molecule has 1 aliphatic heterocycles. The Morgan fingerprint density at radius 1 is 0.962 bits per heavy atom. The molecule has 3 rings (SSSR count). The lowest BCUT2D eigenvalue weighted by Gasteiger charge is -2.24. The van der Waals surface area contributed by atoms with Gasteiger partial charge in [-0.05, 0) is 86.1 Å². The Bertz CT molecular complexity index is 894. The number of rotatable bonds is 3. The minimum absolute atomic E-state index is 0.0864. The standard InChI is InChI=1S/C25H29N/c1-6-20-12-13-21(23-15-18(2)10-11-19(23)3)16-24(20)22-9-7-8-14-26-25(4,5)17-22/h7-16H,6,17H2,1-5H3/b8-7-,22-9+,26-14?. The lowest BCUT2D eigenvalue weighted by atomic mass is 9.85. The number of nitrogens with zero attached hydrogens (tertiary/aromatic N) is 1. The molecule has 0 fully saturated rings. The lowest BCUT2D eigenvalue weighted by molar-refractivity contribution is 0.540. The van der Waals surface area contributed by atoms with Crippen LogP contribution < -0.4 is 0 Å². The molecule has 0 spiro atoms. The third-order valence-corrected chi connectivity index (χ3v) is 5.08. The Morgan fingerprint density at radius 2 is 1.77 bits per heavy atom. The summed E-state index contributed by atoms with van der Waals surface area (Å²) in [5.74, 6) is 0. The van der Waals surface area contributed by atoms with Crippen molar-refractivity contribution in [1.82, 2.24) is 0 Å². The van der Waals surface area contributed by atoms with E-state index in [4.69, 9.17) is 4.99 Å². The fourth-order valence-corrected chi connectivity index (χ4v) is 3.62. The molecule has 0 aromatic heterocycles. The van der Waals surface area contributed by atoms with E-state index in [1.54, 1.807) is 0 Å². The molecular weight excluding hydrogens is 314 g/mol. The number of allylic oxidation sites excluding steroid dienone is 3. The number of hydrogen-bond acceptors (Lipinski definition) is 1. The van der Waals surface area contributed by atoms with Crippen LogP contribution in [-0.2, 0) is 6.42 Å². The van der Waals surface area contributed by atoms with Crippen molar-refractivity contribution in [3.05, 3.63) is 76.9 Å². The van der Waals surface area contributed by atoms with E-state index in [1.165, 1.54) is 39.0 Å². The average Bonchev–Trinajstić information content (AvgIpc) is 2.60. The highest BCUT2D eigenvalue weighted by molar-refractivity contribution is 5.80. The SMILES string of the molecule is CCc1ccc(-c2cc(C)ccc2C)cc1/C1=C/C=C\C=NC(C)(C)C1. The molecule has 0 radical (unpaired) electrons. The van der Waals surface area contributed by atoms with Crippen LogP contribution in [0.4, 0.5) is 0 Å². The van der Waals surface area contributed by atoms with E-state index in [0.29, 0.717) is 0 Å². The van der Waals surface area contributed by atoms with Gasteiger partial charge >= 0.3 is 0 Å². The predicted octanol–water partition coefficient (Wildman–Crippen LogP) is 6.73. The van der Waals surface area contributed by atoms with Gasteiger partial charge in [-0.15, -0.1) is 0 Å². The molecule has 0 bridgehead atoms. The van der Waals surface area contributed by atoms with Crippen molar-refractivity contribution in [3.63, 3.8) is 0 Å². The molecule has 0 unspecified atom stereocenters. The molecule has 0 amide bonds. The molecule has 134 valence electrons. The summed E-state index contributed by atoms with van der Waals surface area (Å²) in [6, 6.07) is 13.6. The van der Waals surface area contributed by atoms with Gasteiger partial charge in [0.2, 0.25) is 0 Å². The number of aryl methyl sites for hydroxylation is 3. The Balaban J connectivity index is 2.13. The first-order valence-electron chi connectivity index (χ1n) is 9.51. The van der Waals surface area contributed by atoms with Gasteiger partial charge in [0.25, 0.3) is 0 Å². The Hall–Kier alpha value is -2.41. The molecule has 0 saturated carbocycles. The second-order valence-electron chi connectivity index (χ2n) is 7.89. The Labute approximate surface area is 158 Å². The van der Waals surface area contributed by atoms with Crippen molar-refractivity contribution in [1.29, 1.82) is 0 Å². The smallest absolute Gasteiger partial charge is 0.0592 e. The first-order chi connectivity index (χ1) is 12.4. The summed E-state index contributed by atoms with van der Waals surface area (Å²) >= 11 is 0. The molecule has 2 aromatic carbocycles. The van der Waals surface area contributed by atoms with Crippen LogP contribution in [0.15, 0.2) is 59.6 Å². The van der Waals surface area contributed by atoms with Gasteiger partial charge < -0.3 is 0 Å². The van der Waals surface area contributed by atoms with E-state index < -0.39 is 0 Å². The highest BCUT2D eigenvalue weighted by Crippen LogP contribution is 2.34. The minimum Gasteiger partial charge on any atom is -0.287 e. The van der Waals surface area contributed by atoms with Crippen molar-refractivity contribution < 1.29 is 0 Å². The van der Waals surface area contributed by atoms with Crippen molar-refractivity contribution >= 4 is 11.8 Å². The largest absolute Gasteiger partial charge is 0.287 e. The van der Waals surface area contributed by atoms with Gasteiger partial charge in [0.15, 0.2) is 0 Å². The first kappa shape index (κ1) is 18.4. The molecule has 1 heteroatoms. The highest BCUT2D eigenvalue weighted by Gasteiger charge is 2.20. The number of benzene rings is 2. The fraction of sp³-hybridized carbons (Fsp3) is 0.320. The molecular formula is C25H29N. The minimum atomic E-state index is -0.0864. The summed E-state index contributed by atoms with van der Waals surface area (Å²) in [6.07, 6.45) is 10.3. The summed E-state index contributed by atoms with van der Waals surface area (Å²) in [7, 11) is 0. The van der Waals surface area contributed by atoms with Gasteiger partial charge in [0.05, 0.1) is 5.54 Å². The molecule has 0 saturated heterocycles. The summed E-state index contributed by atoms with van der Waals surface area (Å²) in [5.41, 5.74) is 9.29. The molecule has 26 heavy (non-hydrogen) atoms. The number of hydrogen-bond donors (Lipinski definition) is 0. The maximum Gasteiger partial charge on any atom is 0.0592 e. The lowest BCUT2D eigenvalue weighted by Crippen LogP contribution is -2.18. The normalized spacial score (nSPS) is 19.3. The van der Waals surface area contributed by atoms with Crippen LogP contribution in [0, 0.1) is 13.8 Å². The zero-order valence-electron chi connectivity index (χ0n) is 16.6. The Kier molecular flexibility index (Phi) is 5.27. The molecule has 1 heterocycles. The zero-order valence-corrected chi connectivity index (χ0v) is 16.6. The van der Waals surface area contributed by atoms with Crippen LogP contribution in [0.5, 0.6) is 0 Å². The highest BCUT2D eigenvalue weighted by atomic mass is 14.8. The Morgan fingerprint density at radius 3 is 2.54 bits per heavy atom. The van der Waals surface area contributed by atoms with Crippen molar-refractivity contribution in [2.24, 2.45) is 4.99 Å². The van der Waals surface area contributed by atoms with Gasteiger partial charge in [0, 0.05) is 6.21 Å². The van der Waals surface area contributed by atoms with Gasteiger partial charge in [-0.25, -0.2) is 0 Å². The predicted molar refractivity (Wildman–Crippen MR) is 115 cm³/mol. The fourth-order valence-electron chi connectivity index (χ4n) is 3.62. The first-order valence-corrected chi connectivity index (χ1v) is 9.51. The van der Waals surface area contributed by atoms with E-state index in [1.807, 2.05) is 12.3 Å². The van der Waals surface area contributed by atoms with Crippen molar-refractivity contribution in [2.45, 2.75) is 53.0 Å². The van der Waals surface area contributed by atoms with E-state index in [2.05, 4.69) is 83.2 Å². The summed E-state index contributed by atoms with van der Waals surface area (Å²) in [6.45, 7) is 11.0. The van der Waals surface area contributed by atoms with Gasteiger partial charge in [-0.1, -0.05) is 55.0 Å². The molecule has 0 atom stereocenters. The van der Waals surface area contributed by atoms with Crippen molar-refractivity contribution in [3.8, 4) is 11.1 Å². The monoisotopic (exact) mass is 343 g/mol. The molecule has 1 aliphatic rings. The maximum absolute atomic E-state index is 4.70. The average molecular weight is 344 g/mol. The zero-order chi connectivity index (χ0) is 18.7. The summed E-state index contributed by atoms with van der Waals surface area (Å²) in [4.78, 5) is 4.70. The molecule has 0 aliphatic carbocycles. The quantitative estimate of drug-likeness (QED) is 0.586. The van der Waals surface area contributed by atoms with Crippen LogP contribution in [0.2, 0.25) is 0 Å². The van der Waals surface area contributed by atoms with Crippen LogP contribution in [-0.4, -0.2) is 11.8 Å². The summed E-state index contributed by atoms with van der Waals surface area (Å²) in [5, 5.41) is 0. The molecule has 0 N–H and O–H groups in total. The van der Waals surface area contributed by atoms with Crippen LogP contribution in [0.25, 0.3) is 16.7 Å². The second kappa shape index (κ2) is 7.45. The number of aliphatic imine (C=N–C) groups is 1. The summed E-state index contributed by atoms with van der Waals surface area (Å²) < 4.78 is 0. The van der Waals surface area contributed by atoms with E-state index in [9.17, 15) is 0 Å².